The van der Waals surface area contributed by atoms with E-state index in [1.54, 1.807) is 0 Å². The zero-order valence-electron chi connectivity index (χ0n) is 20.3. The molecule has 0 saturated heterocycles. The minimum atomic E-state index is 1.13. The zero-order valence-corrected chi connectivity index (χ0v) is 20.3. The summed E-state index contributed by atoms with van der Waals surface area (Å²) in [6.07, 6.45) is 0. The lowest BCUT2D eigenvalue weighted by atomic mass is 10.0. The van der Waals surface area contributed by atoms with E-state index in [9.17, 15) is 0 Å². The van der Waals surface area contributed by atoms with Crippen LogP contribution in [0.25, 0.3) is 33.0 Å². The SMILES string of the molecule is Cc1ccc(-c2ccc(N(c3ccc(-c4ccccc4)cc3)c3ccc4ccccc4c3)cc2)cc1. The molecule has 0 spiro atoms. The third-order valence-corrected chi connectivity index (χ3v) is 6.73. The monoisotopic (exact) mass is 461 g/mol. The standard InChI is InChI=1S/C35H27N/c1-26-11-13-29(14-12-26)31-17-22-34(23-18-31)36(35-24-19-28-9-5-6-10-32(28)25-35)33-20-15-30(16-21-33)27-7-3-2-4-8-27/h2-25H,1H3. The Morgan fingerprint density at radius 2 is 0.806 bits per heavy atom. The van der Waals surface area contributed by atoms with Gasteiger partial charge in [-0.2, -0.15) is 0 Å². The van der Waals surface area contributed by atoms with E-state index in [0.717, 1.165) is 17.1 Å². The Bertz CT molecular complexity index is 1600. The smallest absolute Gasteiger partial charge is 0.0468 e. The van der Waals surface area contributed by atoms with E-state index in [-0.39, 0.29) is 0 Å². The highest BCUT2D eigenvalue weighted by molar-refractivity contribution is 5.89. The van der Waals surface area contributed by atoms with Crippen LogP contribution in [0, 0.1) is 6.92 Å². The summed E-state index contributed by atoms with van der Waals surface area (Å²) >= 11 is 0. The van der Waals surface area contributed by atoms with Gasteiger partial charge in [0.25, 0.3) is 0 Å². The molecule has 0 atom stereocenters. The highest BCUT2D eigenvalue weighted by Gasteiger charge is 2.14. The molecule has 6 rings (SSSR count). The molecule has 0 bridgehead atoms. The van der Waals surface area contributed by atoms with Gasteiger partial charge in [-0.05, 0) is 76.3 Å². The first kappa shape index (κ1) is 21.9. The molecule has 0 heterocycles. The number of nitrogens with zero attached hydrogens (tertiary/aromatic N) is 1. The lowest BCUT2D eigenvalue weighted by Gasteiger charge is -2.26. The predicted molar refractivity (Wildman–Crippen MR) is 154 cm³/mol. The summed E-state index contributed by atoms with van der Waals surface area (Å²) in [5, 5.41) is 2.48. The van der Waals surface area contributed by atoms with Crippen molar-refractivity contribution < 1.29 is 0 Å². The van der Waals surface area contributed by atoms with Crippen molar-refractivity contribution >= 4 is 27.8 Å². The lowest BCUT2D eigenvalue weighted by Crippen LogP contribution is -2.09. The van der Waals surface area contributed by atoms with Gasteiger partial charge in [-0.15, -0.1) is 0 Å². The molecule has 0 unspecified atom stereocenters. The van der Waals surface area contributed by atoms with Crippen molar-refractivity contribution in [1.29, 1.82) is 0 Å². The third-order valence-electron chi connectivity index (χ3n) is 6.73. The van der Waals surface area contributed by atoms with Crippen molar-refractivity contribution in [2.24, 2.45) is 0 Å². The van der Waals surface area contributed by atoms with Crippen LogP contribution in [-0.2, 0) is 0 Å². The first-order chi connectivity index (χ1) is 17.7. The summed E-state index contributed by atoms with van der Waals surface area (Å²) in [6.45, 7) is 2.12. The van der Waals surface area contributed by atoms with Gasteiger partial charge in [-0.25, -0.2) is 0 Å². The molecule has 1 heteroatoms. The number of hydrogen-bond donors (Lipinski definition) is 0. The molecule has 172 valence electrons. The second kappa shape index (κ2) is 9.56. The van der Waals surface area contributed by atoms with Gasteiger partial charge in [0.1, 0.15) is 0 Å². The van der Waals surface area contributed by atoms with Crippen LogP contribution in [0.15, 0.2) is 146 Å². The average molecular weight is 462 g/mol. The maximum absolute atomic E-state index is 2.33. The van der Waals surface area contributed by atoms with Gasteiger partial charge in [0.15, 0.2) is 0 Å². The average Bonchev–Trinajstić information content (AvgIpc) is 2.95. The predicted octanol–water partition coefficient (Wildman–Crippen LogP) is 9.95. The fourth-order valence-corrected chi connectivity index (χ4v) is 4.75. The van der Waals surface area contributed by atoms with E-state index in [0.29, 0.717) is 0 Å². The van der Waals surface area contributed by atoms with Crippen LogP contribution < -0.4 is 4.90 Å². The van der Waals surface area contributed by atoms with Gasteiger partial charge in [0.2, 0.25) is 0 Å². The molecule has 36 heavy (non-hydrogen) atoms. The summed E-state index contributed by atoms with van der Waals surface area (Å²) in [6, 6.07) is 52.2. The van der Waals surface area contributed by atoms with Crippen molar-refractivity contribution in [3.8, 4) is 22.3 Å². The third kappa shape index (κ3) is 4.39. The Kier molecular flexibility index (Phi) is 5.81. The van der Waals surface area contributed by atoms with Gasteiger partial charge in [-0.3, -0.25) is 0 Å². The van der Waals surface area contributed by atoms with Crippen LogP contribution in [0.1, 0.15) is 5.56 Å². The van der Waals surface area contributed by atoms with E-state index in [1.165, 1.54) is 38.6 Å². The Labute approximate surface area is 212 Å². The molecular formula is C35H27N. The second-order valence-corrected chi connectivity index (χ2v) is 9.19. The first-order valence-electron chi connectivity index (χ1n) is 12.4. The molecular weight excluding hydrogens is 434 g/mol. The van der Waals surface area contributed by atoms with Crippen molar-refractivity contribution in [3.05, 3.63) is 151 Å². The van der Waals surface area contributed by atoms with E-state index < -0.39 is 0 Å². The molecule has 0 saturated carbocycles. The summed E-state index contributed by atoms with van der Waals surface area (Å²) in [4.78, 5) is 2.33. The maximum atomic E-state index is 2.33. The fraction of sp³-hybridized carbons (Fsp3) is 0.0286. The largest absolute Gasteiger partial charge is 0.310 e. The van der Waals surface area contributed by atoms with Crippen LogP contribution in [-0.4, -0.2) is 0 Å². The highest BCUT2D eigenvalue weighted by atomic mass is 15.1. The molecule has 0 aliphatic carbocycles. The minimum Gasteiger partial charge on any atom is -0.310 e. The molecule has 0 aliphatic heterocycles. The molecule has 1 nitrogen and oxygen atoms in total. The second-order valence-electron chi connectivity index (χ2n) is 9.19. The van der Waals surface area contributed by atoms with Gasteiger partial charge in [-0.1, -0.05) is 115 Å². The molecule has 0 aliphatic rings. The van der Waals surface area contributed by atoms with Crippen molar-refractivity contribution in [3.63, 3.8) is 0 Å². The lowest BCUT2D eigenvalue weighted by molar-refractivity contribution is 1.29. The van der Waals surface area contributed by atoms with Gasteiger partial charge in [0.05, 0.1) is 0 Å². The van der Waals surface area contributed by atoms with Crippen molar-refractivity contribution in [2.45, 2.75) is 6.92 Å². The molecule has 0 N–H and O–H groups in total. The number of fused-ring (bicyclic) bond motifs is 1. The maximum Gasteiger partial charge on any atom is 0.0468 e. The number of rotatable bonds is 5. The quantitative estimate of drug-likeness (QED) is 0.247. The number of hydrogen-bond acceptors (Lipinski definition) is 1. The molecule has 6 aromatic carbocycles. The van der Waals surface area contributed by atoms with Gasteiger partial charge in [0, 0.05) is 17.1 Å². The Hall–Kier alpha value is -4.62. The van der Waals surface area contributed by atoms with Crippen LogP contribution in [0.3, 0.4) is 0 Å². The Morgan fingerprint density at radius 3 is 1.39 bits per heavy atom. The summed E-state index contributed by atoms with van der Waals surface area (Å²) in [5.74, 6) is 0. The molecule has 0 radical (unpaired) electrons. The van der Waals surface area contributed by atoms with Crippen molar-refractivity contribution in [2.75, 3.05) is 4.90 Å². The zero-order chi connectivity index (χ0) is 24.3. The first-order valence-corrected chi connectivity index (χ1v) is 12.4. The minimum absolute atomic E-state index is 1.13. The van der Waals surface area contributed by atoms with E-state index in [2.05, 4.69) is 157 Å². The summed E-state index contributed by atoms with van der Waals surface area (Å²) < 4.78 is 0. The molecule has 0 aromatic heterocycles. The van der Waals surface area contributed by atoms with E-state index >= 15 is 0 Å². The van der Waals surface area contributed by atoms with Crippen LogP contribution in [0.4, 0.5) is 17.1 Å². The molecule has 0 fully saturated rings. The molecule has 6 aromatic rings. The van der Waals surface area contributed by atoms with E-state index in [4.69, 9.17) is 0 Å². The number of anilines is 3. The fourth-order valence-electron chi connectivity index (χ4n) is 4.75. The Balaban J connectivity index is 1.42. The topological polar surface area (TPSA) is 3.24 Å². The van der Waals surface area contributed by atoms with Crippen LogP contribution >= 0.6 is 0 Å². The summed E-state index contributed by atoms with van der Waals surface area (Å²) in [5.41, 5.74) is 9.58. The number of benzene rings is 6. The molecule has 0 amide bonds. The van der Waals surface area contributed by atoms with Crippen LogP contribution in [0.2, 0.25) is 0 Å². The number of aryl methyl sites for hydroxylation is 1. The van der Waals surface area contributed by atoms with Crippen LogP contribution in [0.5, 0.6) is 0 Å². The Morgan fingerprint density at radius 1 is 0.361 bits per heavy atom. The normalized spacial score (nSPS) is 10.9. The van der Waals surface area contributed by atoms with Crippen molar-refractivity contribution in [1.82, 2.24) is 0 Å². The van der Waals surface area contributed by atoms with Gasteiger partial charge >= 0.3 is 0 Å². The summed E-state index contributed by atoms with van der Waals surface area (Å²) in [7, 11) is 0. The van der Waals surface area contributed by atoms with Gasteiger partial charge < -0.3 is 4.90 Å². The highest BCUT2D eigenvalue weighted by Crippen LogP contribution is 2.37. The van der Waals surface area contributed by atoms with E-state index in [1.807, 2.05) is 0 Å².